The van der Waals surface area contributed by atoms with Crippen LogP contribution in [0, 0.1) is 0 Å². The standard InChI is InChI=1S/C15H18Cl2N2O3S/c1-18(2)23(20,21)14-8-7-12(22-14)10-19(3)9-11-5-4-6-13(16)15(11)17/h4-8H,9-10H2,1-3H3. The SMILES string of the molecule is CN(Cc1ccc(S(=O)(=O)N(C)C)o1)Cc1cccc(Cl)c1Cl. The van der Waals surface area contributed by atoms with Crippen LogP contribution in [0.25, 0.3) is 0 Å². The summed E-state index contributed by atoms with van der Waals surface area (Å²) in [6, 6.07) is 8.59. The van der Waals surface area contributed by atoms with Gasteiger partial charge in [-0.15, -0.1) is 0 Å². The Bertz CT molecular complexity index is 788. The maximum absolute atomic E-state index is 12.0. The number of halogens is 2. The maximum Gasteiger partial charge on any atom is 0.275 e. The second-order valence-corrected chi connectivity index (χ2v) is 8.26. The van der Waals surface area contributed by atoms with Crippen molar-refractivity contribution in [3.05, 3.63) is 51.7 Å². The number of furan rings is 1. The Morgan fingerprint density at radius 2 is 1.74 bits per heavy atom. The number of benzene rings is 1. The van der Waals surface area contributed by atoms with Crippen LogP contribution in [-0.2, 0) is 23.1 Å². The van der Waals surface area contributed by atoms with Gasteiger partial charge < -0.3 is 4.42 Å². The van der Waals surface area contributed by atoms with E-state index in [1.165, 1.54) is 20.2 Å². The highest BCUT2D eigenvalue weighted by molar-refractivity contribution is 7.88. The predicted octanol–water partition coefficient (Wildman–Crippen LogP) is 3.47. The Morgan fingerprint density at radius 3 is 2.39 bits per heavy atom. The van der Waals surface area contributed by atoms with E-state index in [9.17, 15) is 8.42 Å². The molecular formula is C15H18Cl2N2O3S. The van der Waals surface area contributed by atoms with E-state index in [1.807, 2.05) is 24.1 Å². The Hall–Kier alpha value is -1.05. The molecular weight excluding hydrogens is 359 g/mol. The van der Waals surface area contributed by atoms with Crippen LogP contribution >= 0.6 is 23.2 Å². The predicted molar refractivity (Wildman–Crippen MR) is 91.2 cm³/mol. The average Bonchev–Trinajstić information content (AvgIpc) is 2.92. The minimum atomic E-state index is -3.55. The van der Waals surface area contributed by atoms with Gasteiger partial charge in [0, 0.05) is 20.6 Å². The first-order valence-corrected chi connectivity index (χ1v) is 9.04. The summed E-state index contributed by atoms with van der Waals surface area (Å²) >= 11 is 12.2. The van der Waals surface area contributed by atoms with Crippen molar-refractivity contribution in [2.45, 2.75) is 18.2 Å². The van der Waals surface area contributed by atoms with Gasteiger partial charge >= 0.3 is 0 Å². The normalized spacial score (nSPS) is 12.3. The van der Waals surface area contributed by atoms with Crippen LogP contribution in [-0.4, -0.2) is 38.8 Å². The fraction of sp³-hybridized carbons (Fsp3) is 0.333. The van der Waals surface area contributed by atoms with E-state index in [0.29, 0.717) is 28.9 Å². The molecule has 0 aliphatic carbocycles. The van der Waals surface area contributed by atoms with Crippen molar-refractivity contribution in [1.82, 2.24) is 9.21 Å². The Morgan fingerprint density at radius 1 is 1.04 bits per heavy atom. The highest BCUT2D eigenvalue weighted by Gasteiger charge is 2.21. The van der Waals surface area contributed by atoms with E-state index >= 15 is 0 Å². The molecule has 0 bridgehead atoms. The lowest BCUT2D eigenvalue weighted by Gasteiger charge is -2.16. The second kappa shape index (κ2) is 7.23. The van der Waals surface area contributed by atoms with E-state index in [0.717, 1.165) is 9.87 Å². The molecule has 2 aromatic rings. The van der Waals surface area contributed by atoms with Crippen molar-refractivity contribution in [2.24, 2.45) is 0 Å². The molecule has 1 aromatic carbocycles. The number of hydrogen-bond donors (Lipinski definition) is 0. The lowest BCUT2D eigenvalue weighted by atomic mass is 10.2. The molecule has 23 heavy (non-hydrogen) atoms. The summed E-state index contributed by atoms with van der Waals surface area (Å²) in [7, 11) is 1.26. The zero-order valence-corrected chi connectivity index (χ0v) is 15.4. The topological polar surface area (TPSA) is 53.8 Å². The molecule has 0 fully saturated rings. The summed E-state index contributed by atoms with van der Waals surface area (Å²) in [5.74, 6) is 0.561. The van der Waals surface area contributed by atoms with E-state index in [4.69, 9.17) is 27.6 Å². The fourth-order valence-electron chi connectivity index (χ4n) is 2.05. The van der Waals surface area contributed by atoms with Crippen molar-refractivity contribution in [3.8, 4) is 0 Å². The second-order valence-electron chi connectivity index (χ2n) is 5.39. The third kappa shape index (κ3) is 4.28. The van der Waals surface area contributed by atoms with Crippen molar-refractivity contribution >= 4 is 33.2 Å². The van der Waals surface area contributed by atoms with Gasteiger partial charge in [-0.3, -0.25) is 4.90 Å². The lowest BCUT2D eigenvalue weighted by Crippen LogP contribution is -2.21. The van der Waals surface area contributed by atoms with Crippen molar-refractivity contribution in [2.75, 3.05) is 21.1 Å². The molecule has 0 atom stereocenters. The molecule has 1 heterocycles. The Labute approximate surface area is 146 Å². The van der Waals surface area contributed by atoms with Crippen LogP contribution < -0.4 is 0 Å². The van der Waals surface area contributed by atoms with Crippen LogP contribution in [0.1, 0.15) is 11.3 Å². The molecule has 0 amide bonds. The first-order valence-electron chi connectivity index (χ1n) is 6.84. The maximum atomic E-state index is 12.0. The summed E-state index contributed by atoms with van der Waals surface area (Å²) in [5, 5.41) is 0.970. The van der Waals surface area contributed by atoms with Crippen LogP contribution in [0.15, 0.2) is 39.8 Å². The largest absolute Gasteiger partial charge is 0.447 e. The van der Waals surface area contributed by atoms with Crippen molar-refractivity contribution in [3.63, 3.8) is 0 Å². The molecule has 0 spiro atoms. The van der Waals surface area contributed by atoms with Crippen LogP contribution in [0.5, 0.6) is 0 Å². The first-order chi connectivity index (χ1) is 10.7. The van der Waals surface area contributed by atoms with Gasteiger partial charge in [-0.05, 0) is 30.8 Å². The highest BCUT2D eigenvalue weighted by atomic mass is 35.5. The highest BCUT2D eigenvalue weighted by Crippen LogP contribution is 2.27. The van der Waals surface area contributed by atoms with Gasteiger partial charge in [0.05, 0.1) is 16.6 Å². The Kier molecular flexibility index (Phi) is 5.75. The van der Waals surface area contributed by atoms with E-state index in [2.05, 4.69) is 0 Å². The average molecular weight is 377 g/mol. The van der Waals surface area contributed by atoms with Crippen LogP contribution in [0.2, 0.25) is 10.0 Å². The summed E-state index contributed by atoms with van der Waals surface area (Å²) in [6.45, 7) is 1.02. The molecule has 0 saturated heterocycles. The molecule has 0 radical (unpaired) electrons. The smallest absolute Gasteiger partial charge is 0.275 e. The number of hydrogen-bond acceptors (Lipinski definition) is 4. The zero-order chi connectivity index (χ0) is 17.2. The van der Waals surface area contributed by atoms with Crippen molar-refractivity contribution in [1.29, 1.82) is 0 Å². The molecule has 126 valence electrons. The summed E-state index contributed by atoms with van der Waals surface area (Å²) in [4.78, 5) is 1.96. The number of rotatable bonds is 6. The Balaban J connectivity index is 2.08. The third-order valence-electron chi connectivity index (χ3n) is 3.27. The monoisotopic (exact) mass is 376 g/mol. The minimum Gasteiger partial charge on any atom is -0.447 e. The molecule has 1 aromatic heterocycles. The molecule has 0 aliphatic heterocycles. The number of nitrogens with zero attached hydrogens (tertiary/aromatic N) is 2. The quantitative estimate of drug-likeness (QED) is 0.774. The van der Waals surface area contributed by atoms with E-state index < -0.39 is 10.0 Å². The fourth-order valence-corrected chi connectivity index (χ4v) is 3.24. The summed E-state index contributed by atoms with van der Waals surface area (Å²) < 4.78 is 30.5. The van der Waals surface area contributed by atoms with E-state index in [1.54, 1.807) is 12.1 Å². The zero-order valence-electron chi connectivity index (χ0n) is 13.1. The van der Waals surface area contributed by atoms with Gasteiger partial charge in [0.25, 0.3) is 10.0 Å². The number of sulfonamides is 1. The van der Waals surface area contributed by atoms with E-state index in [-0.39, 0.29) is 5.09 Å². The van der Waals surface area contributed by atoms with Gasteiger partial charge in [-0.2, -0.15) is 0 Å². The lowest BCUT2D eigenvalue weighted by molar-refractivity contribution is 0.274. The van der Waals surface area contributed by atoms with Gasteiger partial charge in [0.15, 0.2) is 0 Å². The van der Waals surface area contributed by atoms with Gasteiger partial charge in [-0.1, -0.05) is 35.3 Å². The first kappa shape index (κ1) is 18.3. The van der Waals surface area contributed by atoms with Gasteiger partial charge in [0.2, 0.25) is 5.09 Å². The minimum absolute atomic E-state index is 0.0633. The van der Waals surface area contributed by atoms with Crippen molar-refractivity contribution < 1.29 is 12.8 Å². The molecule has 5 nitrogen and oxygen atoms in total. The van der Waals surface area contributed by atoms with Crippen LogP contribution in [0.4, 0.5) is 0 Å². The molecule has 0 N–H and O–H groups in total. The molecule has 2 rings (SSSR count). The van der Waals surface area contributed by atoms with Gasteiger partial charge in [0.1, 0.15) is 5.76 Å². The summed E-state index contributed by atoms with van der Waals surface area (Å²) in [6.07, 6.45) is 0. The summed E-state index contributed by atoms with van der Waals surface area (Å²) in [5.41, 5.74) is 0.898. The van der Waals surface area contributed by atoms with Gasteiger partial charge in [-0.25, -0.2) is 12.7 Å². The molecule has 0 saturated carbocycles. The van der Waals surface area contributed by atoms with Crippen LogP contribution in [0.3, 0.4) is 0 Å². The molecule has 8 heteroatoms. The molecule has 0 aliphatic rings. The third-order valence-corrected chi connectivity index (χ3v) is 5.82. The molecule has 0 unspecified atom stereocenters.